The van der Waals surface area contributed by atoms with Crippen LogP contribution in [0.3, 0.4) is 0 Å². The Kier molecular flexibility index (Phi) is 2.67. The van der Waals surface area contributed by atoms with Crippen molar-refractivity contribution in [2.45, 2.75) is 11.7 Å². The van der Waals surface area contributed by atoms with Gasteiger partial charge in [-0.1, -0.05) is 18.2 Å². The van der Waals surface area contributed by atoms with Gasteiger partial charge in [0.1, 0.15) is 11.0 Å². The minimum absolute atomic E-state index is 0.447. The van der Waals surface area contributed by atoms with Crippen LogP contribution in [0.4, 0.5) is 0 Å². The first-order valence-electron chi connectivity index (χ1n) is 4.79. The lowest BCUT2D eigenvalue weighted by Gasteiger charge is -2.25. The molecule has 0 amide bonds. The van der Waals surface area contributed by atoms with Crippen LogP contribution in [-0.2, 0) is 10.0 Å². The predicted octanol–water partition coefficient (Wildman–Crippen LogP) is 1.06. The normalized spacial score (nSPS) is 20.5. The van der Waals surface area contributed by atoms with E-state index in [1.54, 1.807) is 12.1 Å². The molecule has 0 saturated carbocycles. The number of rotatable bonds is 2. The fourth-order valence-corrected chi connectivity index (χ4v) is 2.99. The maximum Gasteiger partial charge on any atom is 0.218 e. The Hall–Kier alpha value is -1.07. The van der Waals surface area contributed by atoms with Gasteiger partial charge in [0, 0.05) is 12.0 Å². The van der Waals surface area contributed by atoms with Gasteiger partial charge in [0.25, 0.3) is 0 Å². The summed E-state index contributed by atoms with van der Waals surface area (Å²) in [6.45, 7) is 0.447. The first-order chi connectivity index (χ1) is 7.15. The summed E-state index contributed by atoms with van der Waals surface area (Å²) in [4.78, 5) is 0. The lowest BCUT2D eigenvalue weighted by Crippen LogP contribution is -2.29. The molecule has 0 radical (unpaired) electrons. The first kappa shape index (κ1) is 10.4. The molecule has 82 valence electrons. The molecule has 0 bridgehead atoms. The molecule has 2 rings (SSSR count). The molecule has 1 heterocycles. The van der Waals surface area contributed by atoms with E-state index in [9.17, 15) is 8.42 Å². The Morgan fingerprint density at radius 2 is 2.13 bits per heavy atom. The zero-order valence-electron chi connectivity index (χ0n) is 8.43. The molecule has 15 heavy (non-hydrogen) atoms. The summed E-state index contributed by atoms with van der Waals surface area (Å²) in [6.07, 6.45) is 0.500. The van der Waals surface area contributed by atoms with Crippen molar-refractivity contribution in [1.29, 1.82) is 0 Å². The Labute approximate surface area is 89.3 Å². The standard InChI is InChI=1S/C10H13NO3S/c1-11-15(12,13)10-6-7-14-9-5-3-2-4-8(9)10/h2-5,10-11H,6-7H2,1H3. The van der Waals surface area contributed by atoms with E-state index in [1.807, 2.05) is 12.1 Å². The van der Waals surface area contributed by atoms with Crippen molar-refractivity contribution < 1.29 is 13.2 Å². The summed E-state index contributed by atoms with van der Waals surface area (Å²) in [5.41, 5.74) is 0.748. The van der Waals surface area contributed by atoms with E-state index >= 15 is 0 Å². The molecule has 0 spiro atoms. The van der Waals surface area contributed by atoms with Gasteiger partial charge in [-0.05, 0) is 13.1 Å². The van der Waals surface area contributed by atoms with Crippen molar-refractivity contribution in [2.75, 3.05) is 13.7 Å². The highest BCUT2D eigenvalue weighted by Gasteiger charge is 2.31. The Bertz CT molecular complexity index is 455. The number of para-hydroxylation sites is 1. The van der Waals surface area contributed by atoms with E-state index < -0.39 is 15.3 Å². The number of sulfonamides is 1. The topological polar surface area (TPSA) is 55.4 Å². The van der Waals surface area contributed by atoms with Crippen LogP contribution in [0.5, 0.6) is 5.75 Å². The molecule has 4 nitrogen and oxygen atoms in total. The number of benzene rings is 1. The summed E-state index contributed by atoms with van der Waals surface area (Å²) < 4.78 is 31.3. The Morgan fingerprint density at radius 3 is 2.87 bits per heavy atom. The number of fused-ring (bicyclic) bond motifs is 1. The van der Waals surface area contributed by atoms with E-state index in [2.05, 4.69) is 4.72 Å². The fraction of sp³-hybridized carbons (Fsp3) is 0.400. The van der Waals surface area contributed by atoms with Crippen molar-refractivity contribution in [2.24, 2.45) is 0 Å². The summed E-state index contributed by atoms with van der Waals surface area (Å²) in [5, 5.41) is -0.493. The molecule has 1 aliphatic heterocycles. The molecular weight excluding hydrogens is 214 g/mol. The van der Waals surface area contributed by atoms with Crippen LogP contribution in [0.25, 0.3) is 0 Å². The highest BCUT2D eigenvalue weighted by molar-refractivity contribution is 7.89. The average Bonchev–Trinajstić information content (AvgIpc) is 2.28. The fourth-order valence-electron chi connectivity index (χ4n) is 1.77. The van der Waals surface area contributed by atoms with Crippen LogP contribution in [0.15, 0.2) is 24.3 Å². The molecule has 1 atom stereocenters. The van der Waals surface area contributed by atoms with E-state index in [4.69, 9.17) is 4.74 Å². The zero-order chi connectivity index (χ0) is 10.9. The highest BCUT2D eigenvalue weighted by atomic mass is 32.2. The molecular formula is C10H13NO3S. The third kappa shape index (κ3) is 1.85. The van der Waals surface area contributed by atoms with Crippen molar-refractivity contribution in [1.82, 2.24) is 4.72 Å². The van der Waals surface area contributed by atoms with Gasteiger partial charge < -0.3 is 4.74 Å². The summed E-state index contributed by atoms with van der Waals surface area (Å²) in [6, 6.07) is 7.26. The SMILES string of the molecule is CNS(=O)(=O)C1CCOc2ccccc21. The minimum Gasteiger partial charge on any atom is -0.493 e. The van der Waals surface area contributed by atoms with Crippen LogP contribution in [-0.4, -0.2) is 22.1 Å². The molecule has 1 aliphatic rings. The molecule has 0 fully saturated rings. The van der Waals surface area contributed by atoms with Gasteiger partial charge in [-0.3, -0.25) is 0 Å². The summed E-state index contributed by atoms with van der Waals surface area (Å²) in [7, 11) is -1.83. The molecule has 1 aromatic carbocycles. The number of hydrogen-bond acceptors (Lipinski definition) is 3. The van der Waals surface area contributed by atoms with Gasteiger partial charge in [0.05, 0.1) is 6.61 Å². The van der Waals surface area contributed by atoms with E-state index in [-0.39, 0.29) is 0 Å². The van der Waals surface area contributed by atoms with Crippen molar-refractivity contribution in [3.63, 3.8) is 0 Å². The molecule has 1 aromatic rings. The van der Waals surface area contributed by atoms with Gasteiger partial charge in [-0.25, -0.2) is 13.1 Å². The van der Waals surface area contributed by atoms with Crippen LogP contribution >= 0.6 is 0 Å². The molecule has 0 aliphatic carbocycles. The largest absolute Gasteiger partial charge is 0.493 e. The van der Waals surface area contributed by atoms with Crippen LogP contribution in [0.2, 0.25) is 0 Å². The predicted molar refractivity (Wildman–Crippen MR) is 57.3 cm³/mol. The van der Waals surface area contributed by atoms with E-state index in [0.29, 0.717) is 18.8 Å². The average molecular weight is 227 g/mol. The van der Waals surface area contributed by atoms with Gasteiger partial charge >= 0.3 is 0 Å². The Morgan fingerprint density at radius 1 is 1.40 bits per heavy atom. The third-order valence-electron chi connectivity index (χ3n) is 2.56. The second-order valence-corrected chi connectivity index (χ2v) is 5.48. The molecule has 0 aromatic heterocycles. The molecule has 0 saturated heterocycles. The second kappa shape index (κ2) is 3.83. The van der Waals surface area contributed by atoms with Crippen molar-refractivity contribution >= 4 is 10.0 Å². The lowest BCUT2D eigenvalue weighted by molar-refractivity contribution is 0.283. The monoisotopic (exact) mass is 227 g/mol. The second-order valence-electron chi connectivity index (χ2n) is 3.41. The minimum atomic E-state index is -3.26. The molecule has 5 heteroatoms. The van der Waals surface area contributed by atoms with Gasteiger partial charge in [0.15, 0.2) is 0 Å². The quantitative estimate of drug-likeness (QED) is 0.822. The van der Waals surface area contributed by atoms with E-state index in [0.717, 1.165) is 5.56 Å². The first-order valence-corrected chi connectivity index (χ1v) is 6.34. The highest BCUT2D eigenvalue weighted by Crippen LogP contribution is 2.36. The Balaban J connectivity index is 2.47. The number of ether oxygens (including phenoxy) is 1. The van der Waals surface area contributed by atoms with Gasteiger partial charge in [0.2, 0.25) is 10.0 Å². The molecule has 1 unspecified atom stereocenters. The molecule has 1 N–H and O–H groups in total. The van der Waals surface area contributed by atoms with Crippen LogP contribution in [0.1, 0.15) is 17.2 Å². The summed E-state index contributed by atoms with van der Waals surface area (Å²) >= 11 is 0. The van der Waals surface area contributed by atoms with Gasteiger partial charge in [-0.15, -0.1) is 0 Å². The number of nitrogens with one attached hydrogen (secondary N) is 1. The van der Waals surface area contributed by atoms with Crippen LogP contribution in [0, 0.1) is 0 Å². The maximum absolute atomic E-state index is 11.8. The summed E-state index contributed by atoms with van der Waals surface area (Å²) in [5.74, 6) is 0.674. The van der Waals surface area contributed by atoms with Gasteiger partial charge in [-0.2, -0.15) is 0 Å². The maximum atomic E-state index is 11.8. The van der Waals surface area contributed by atoms with Crippen molar-refractivity contribution in [3.05, 3.63) is 29.8 Å². The lowest BCUT2D eigenvalue weighted by atomic mass is 10.1. The zero-order valence-corrected chi connectivity index (χ0v) is 9.25. The van der Waals surface area contributed by atoms with Crippen molar-refractivity contribution in [3.8, 4) is 5.75 Å². The third-order valence-corrected chi connectivity index (χ3v) is 4.37. The number of hydrogen-bond donors (Lipinski definition) is 1. The smallest absolute Gasteiger partial charge is 0.218 e. The van der Waals surface area contributed by atoms with Crippen LogP contribution < -0.4 is 9.46 Å². The van der Waals surface area contributed by atoms with E-state index in [1.165, 1.54) is 7.05 Å².